The van der Waals surface area contributed by atoms with Crippen LogP contribution in [0.1, 0.15) is 151 Å². The third-order valence-corrected chi connectivity index (χ3v) is 16.0. The van der Waals surface area contributed by atoms with Gasteiger partial charge in [0.05, 0.1) is 68.3 Å². The van der Waals surface area contributed by atoms with Crippen LogP contribution >= 0.6 is 126 Å². The first-order valence-corrected chi connectivity index (χ1v) is 40.9. The van der Waals surface area contributed by atoms with E-state index < -0.39 is 119 Å². The summed E-state index contributed by atoms with van der Waals surface area (Å²) in [6, 6.07) is 0. The average molecular weight is 1780 g/mol. The summed E-state index contributed by atoms with van der Waals surface area (Å²) < 4.78 is 73.1. The van der Waals surface area contributed by atoms with E-state index in [0.29, 0.717) is 86.7 Å². The van der Waals surface area contributed by atoms with E-state index in [4.69, 9.17) is 66.3 Å². The quantitative estimate of drug-likeness (QED) is 0.0227. The molecule has 1 aromatic heterocycles. The first-order chi connectivity index (χ1) is 52.3. The van der Waals surface area contributed by atoms with Gasteiger partial charge >= 0.3 is 101 Å². The van der Waals surface area contributed by atoms with Gasteiger partial charge in [0.15, 0.2) is 20.2 Å². The molecule has 640 valence electrons. The van der Waals surface area contributed by atoms with Gasteiger partial charge in [0.1, 0.15) is 83.5 Å². The van der Waals surface area contributed by atoms with Crippen LogP contribution in [-0.4, -0.2) is 227 Å². The van der Waals surface area contributed by atoms with Crippen LogP contribution in [0, 0.1) is 16.2 Å². The predicted molar refractivity (Wildman–Crippen MR) is 437 cm³/mol. The van der Waals surface area contributed by atoms with Crippen LogP contribution in [0.4, 0.5) is 0 Å². The van der Waals surface area contributed by atoms with E-state index in [1.165, 1.54) is 0 Å². The van der Waals surface area contributed by atoms with Crippen molar-refractivity contribution in [2.75, 3.05) is 130 Å². The van der Waals surface area contributed by atoms with Crippen LogP contribution < -0.4 is 17.1 Å². The largest absolute Gasteiger partial charge is 0.465 e. The van der Waals surface area contributed by atoms with Gasteiger partial charge in [-0.2, -0.15) is 126 Å². The van der Waals surface area contributed by atoms with Crippen LogP contribution in [0.25, 0.3) is 0 Å². The summed E-state index contributed by atoms with van der Waals surface area (Å²) in [5, 5.41) is 0. The molecule has 34 nitrogen and oxygen atoms in total. The Hall–Kier alpha value is -5.51. The molecular weight excluding hydrogens is 1660 g/mol. The number of carbonyl (C=O) groups is 14. The molecule has 44 heteroatoms. The number of carbonyl (C=O) groups excluding carboxylic acids is 14. The molecular formula is C67H111N3O31S10. The second kappa shape index (κ2) is 68.9. The fourth-order valence-corrected chi connectivity index (χ4v) is 9.07. The summed E-state index contributed by atoms with van der Waals surface area (Å²) in [6.07, 6.45) is 4.21. The minimum absolute atomic E-state index is 0. The van der Waals surface area contributed by atoms with Crippen molar-refractivity contribution >= 4 is 210 Å². The summed E-state index contributed by atoms with van der Waals surface area (Å²) in [6.45, 7) is 4.67. The van der Waals surface area contributed by atoms with Crippen LogP contribution in [0.5, 0.6) is 0 Å². The Morgan fingerprint density at radius 3 is 0.532 bits per heavy atom. The van der Waals surface area contributed by atoms with E-state index in [9.17, 15) is 81.5 Å². The molecule has 0 unspecified atom stereocenters. The first kappa shape index (κ1) is 112. The molecule has 0 aliphatic heterocycles. The molecule has 1 rings (SSSR count). The average Bonchev–Trinajstić information content (AvgIpc) is 0.784. The van der Waals surface area contributed by atoms with Crippen LogP contribution in [0.2, 0.25) is 0 Å². The van der Waals surface area contributed by atoms with Gasteiger partial charge in [-0.05, 0) is 32.1 Å². The third kappa shape index (κ3) is 54.1. The predicted octanol–water partition coefficient (Wildman–Crippen LogP) is 5.23. The molecule has 0 saturated heterocycles. The minimum Gasteiger partial charge on any atom is -0.465 e. The molecule has 0 aliphatic carbocycles. The minimum atomic E-state index is -1.24. The molecule has 1 aromatic rings. The van der Waals surface area contributed by atoms with E-state index in [1.807, 2.05) is 27.7 Å². The van der Waals surface area contributed by atoms with Gasteiger partial charge in [-0.25, -0.2) is 28.1 Å². The first-order valence-electron chi connectivity index (χ1n) is 34.5. The number of ether oxygens (including phenoxy) is 14. The molecule has 0 fully saturated rings. The lowest BCUT2D eigenvalue weighted by Gasteiger charge is -2.31. The highest BCUT2D eigenvalue weighted by Crippen LogP contribution is 2.27. The molecule has 0 N–H and O–H groups in total. The Labute approximate surface area is 701 Å². The molecule has 1 heterocycles. The smallest absolute Gasteiger partial charge is 0.341 e. The summed E-state index contributed by atoms with van der Waals surface area (Å²) in [5.41, 5.74) is -6.71. The maximum Gasteiger partial charge on any atom is 0.341 e. The lowest BCUT2D eigenvalue weighted by molar-refractivity contribution is -0.172. The van der Waals surface area contributed by atoms with Gasteiger partial charge in [0.25, 0.3) is 0 Å². The summed E-state index contributed by atoms with van der Waals surface area (Å²) in [4.78, 5) is 201. The normalized spacial score (nSPS) is 10.7. The number of rotatable bonds is 55. The van der Waals surface area contributed by atoms with Gasteiger partial charge in [0.2, 0.25) is 0 Å². The standard InChI is InChI=1S/C18H30O8S3.C16H23N3O9S2.C16H26O8S3.C16H28O6S2.CH4/c1-2-3-14(19)23-10-18(11-24-15(20)4-7-27,12-25-16(21)5-8-28)13-26-17(22)6-9-29;1-2-3-11(20)26-8-17-14(23)18(9-27-12(21)4-6-29)16(25)19(15(17)24)10-28-13(22)5-7-30;1-2-3-12(17)21-8-16(10-23-14(19)6-26,11-24-15(20)7-27)9-22-13(18)4-5-25;1-3-5-13(17)20-10-16(4-2,11-21-14(18)6-8-23)12-22-15(19)7-9-24;/h27-29H,2-13H2,1H3;29-30H,2-10H2,1H3;25-27H,2-11H2,1H3;23-24H,3-12H2,1-2H3;1H4. The topological polar surface area (TPSA) is 434 Å². The van der Waals surface area contributed by atoms with Crippen LogP contribution in [-0.2, 0) is 154 Å². The summed E-state index contributed by atoms with van der Waals surface area (Å²) in [7, 11) is 0. The van der Waals surface area contributed by atoms with E-state index in [0.717, 1.165) is 0 Å². The van der Waals surface area contributed by atoms with E-state index in [-0.39, 0.29) is 192 Å². The number of hydrogen-bond acceptors (Lipinski definition) is 41. The zero-order valence-electron chi connectivity index (χ0n) is 62.5. The molecule has 0 spiro atoms. The second-order valence-electron chi connectivity index (χ2n) is 23.3. The molecule has 0 aliphatic rings. The van der Waals surface area contributed by atoms with Crippen molar-refractivity contribution in [3.8, 4) is 0 Å². The molecule has 0 bridgehead atoms. The van der Waals surface area contributed by atoms with Crippen LogP contribution in [0.3, 0.4) is 0 Å². The Morgan fingerprint density at radius 1 is 0.234 bits per heavy atom. The van der Waals surface area contributed by atoms with Gasteiger partial charge in [-0.1, -0.05) is 42.0 Å². The molecule has 0 aromatic carbocycles. The molecule has 0 saturated carbocycles. The molecule has 0 atom stereocenters. The van der Waals surface area contributed by atoms with Crippen molar-refractivity contribution in [3.05, 3.63) is 31.5 Å². The van der Waals surface area contributed by atoms with Crippen LogP contribution in [0.15, 0.2) is 14.4 Å². The Morgan fingerprint density at radius 2 is 0.378 bits per heavy atom. The Kier molecular flexibility index (Phi) is 69.4. The van der Waals surface area contributed by atoms with Crippen molar-refractivity contribution in [2.45, 2.75) is 171 Å². The molecule has 0 amide bonds. The highest BCUT2D eigenvalue weighted by molar-refractivity contribution is 7.81. The fourth-order valence-electron chi connectivity index (χ4n) is 7.43. The highest BCUT2D eigenvalue weighted by atomic mass is 32.1. The van der Waals surface area contributed by atoms with Gasteiger partial charge in [0, 0.05) is 71.7 Å². The van der Waals surface area contributed by atoms with Gasteiger partial charge in [-0.15, -0.1) is 0 Å². The highest BCUT2D eigenvalue weighted by Gasteiger charge is 2.40. The van der Waals surface area contributed by atoms with Gasteiger partial charge < -0.3 is 66.3 Å². The third-order valence-electron chi connectivity index (χ3n) is 13.7. The number of esters is 14. The molecule has 111 heavy (non-hydrogen) atoms. The zero-order valence-corrected chi connectivity index (χ0v) is 71.4. The van der Waals surface area contributed by atoms with Gasteiger partial charge in [-0.3, -0.25) is 67.1 Å². The summed E-state index contributed by atoms with van der Waals surface area (Å²) in [5.74, 6) is -5.46. The van der Waals surface area contributed by atoms with E-state index in [1.54, 1.807) is 6.92 Å². The monoisotopic (exact) mass is 1770 g/mol. The van der Waals surface area contributed by atoms with Crippen molar-refractivity contribution in [2.24, 2.45) is 16.2 Å². The Bertz CT molecular complexity index is 2810. The maximum absolute atomic E-state index is 12.5. The van der Waals surface area contributed by atoms with E-state index in [2.05, 4.69) is 126 Å². The zero-order chi connectivity index (χ0) is 83.9. The maximum atomic E-state index is 12.5. The van der Waals surface area contributed by atoms with Crippen molar-refractivity contribution in [3.63, 3.8) is 0 Å². The van der Waals surface area contributed by atoms with E-state index >= 15 is 0 Å². The Balaban J connectivity index is -0.000000688. The van der Waals surface area contributed by atoms with Crippen molar-refractivity contribution < 1.29 is 133 Å². The lowest BCUT2D eigenvalue weighted by Crippen LogP contribution is -2.55. The van der Waals surface area contributed by atoms with Crippen molar-refractivity contribution in [1.29, 1.82) is 0 Å². The molecule has 0 radical (unpaired) electrons. The summed E-state index contributed by atoms with van der Waals surface area (Å²) >= 11 is 39.2. The number of hydrogen-bond donors (Lipinski definition) is 10. The number of aromatic nitrogens is 3. The SMILES string of the molecule is C.CCCC(=O)OCC(CC)(COC(=O)CCS)COC(=O)CCS.CCCC(=O)OCC(COC(=O)CCS)(COC(=O)CCS)COC(=O)CCS.CCCC(=O)OCC(COC(=O)CS)(COC(=O)CS)COC(=O)CCS.CCCC(=O)OCn1c(=O)n(COC(=O)CCS)c(=O)n(COC(=O)CCS)c1=O. The number of thiol groups is 10. The number of nitrogens with zero attached hydrogens (tertiary/aromatic N) is 3. The fraction of sp³-hybridized carbons (Fsp3) is 0.746. The lowest BCUT2D eigenvalue weighted by atomic mass is 9.88. The van der Waals surface area contributed by atoms with Crippen molar-refractivity contribution in [1.82, 2.24) is 13.7 Å². The second-order valence-corrected chi connectivity index (χ2v) is 27.5.